The van der Waals surface area contributed by atoms with E-state index in [0.717, 1.165) is 20.6 Å². The lowest BCUT2D eigenvalue weighted by atomic mass is 10.0. The topological polar surface area (TPSA) is 99.8 Å². The van der Waals surface area contributed by atoms with Gasteiger partial charge in [-0.25, -0.2) is 14.2 Å². The van der Waals surface area contributed by atoms with E-state index in [1.165, 1.54) is 29.8 Å². The summed E-state index contributed by atoms with van der Waals surface area (Å²) in [4.78, 5) is 40.8. The molecule has 1 aromatic carbocycles. The predicted molar refractivity (Wildman–Crippen MR) is 133 cm³/mol. The van der Waals surface area contributed by atoms with E-state index in [1.807, 2.05) is 52.0 Å². The van der Waals surface area contributed by atoms with E-state index < -0.39 is 28.9 Å². The molecule has 0 aliphatic carbocycles. The minimum atomic E-state index is -1.73. The molecule has 0 unspecified atom stereocenters. The fourth-order valence-electron chi connectivity index (χ4n) is 4.12. The van der Waals surface area contributed by atoms with Gasteiger partial charge in [0.25, 0.3) is 5.56 Å². The first-order chi connectivity index (χ1) is 15.9. The number of carbonyl (C=O) groups is 1. The Balaban J connectivity index is 2.37. The zero-order valence-electron chi connectivity index (χ0n) is 20.7. The molecular weight excluding hydrogens is 456 g/mol. The number of carboxylic acid groups (broad SMARTS) is 1. The molecule has 3 aromatic rings. The van der Waals surface area contributed by atoms with Crippen molar-refractivity contribution < 1.29 is 19.4 Å². The predicted octanol–water partition coefficient (Wildman–Crippen LogP) is 4.09. The number of benzene rings is 1. The van der Waals surface area contributed by atoms with Gasteiger partial charge in [0, 0.05) is 10.4 Å². The summed E-state index contributed by atoms with van der Waals surface area (Å²) in [5.74, 6) is -0.644. The van der Waals surface area contributed by atoms with Crippen molar-refractivity contribution in [3.05, 3.63) is 61.1 Å². The molecule has 34 heavy (non-hydrogen) atoms. The number of hydrogen-bond acceptors (Lipinski definition) is 6. The van der Waals surface area contributed by atoms with E-state index in [0.29, 0.717) is 22.4 Å². The average molecular weight is 489 g/mol. The van der Waals surface area contributed by atoms with Crippen molar-refractivity contribution in [2.45, 2.75) is 72.3 Å². The third-order valence-corrected chi connectivity index (χ3v) is 7.44. The summed E-state index contributed by atoms with van der Waals surface area (Å²) in [6.45, 7) is 10.4. The number of fused-ring (bicyclic) bond motifs is 1. The number of thiophene rings is 1. The van der Waals surface area contributed by atoms with E-state index in [1.54, 1.807) is 7.11 Å². The Hall–Kier alpha value is -2.91. The van der Waals surface area contributed by atoms with Gasteiger partial charge in [0.2, 0.25) is 0 Å². The largest absolute Gasteiger partial charge is 0.496 e. The molecule has 2 heterocycles. The van der Waals surface area contributed by atoms with Crippen LogP contribution in [0.15, 0.2) is 33.9 Å². The molecule has 0 spiro atoms. The van der Waals surface area contributed by atoms with Crippen LogP contribution in [0.25, 0.3) is 10.2 Å². The molecule has 0 saturated carbocycles. The molecule has 0 saturated heterocycles. The summed E-state index contributed by atoms with van der Waals surface area (Å²) in [7, 11) is 1.57. The zero-order chi connectivity index (χ0) is 25.4. The van der Waals surface area contributed by atoms with Gasteiger partial charge in [-0.2, -0.15) is 0 Å². The highest BCUT2D eigenvalue weighted by molar-refractivity contribution is 7.18. The first-order valence-corrected chi connectivity index (χ1v) is 12.1. The second kappa shape index (κ2) is 9.76. The molecule has 0 amide bonds. The summed E-state index contributed by atoms with van der Waals surface area (Å²) >= 11 is 1.39. The highest BCUT2D eigenvalue weighted by atomic mass is 32.1. The fourth-order valence-corrected chi connectivity index (χ4v) is 5.36. The van der Waals surface area contributed by atoms with Crippen LogP contribution in [0.1, 0.15) is 56.7 Å². The van der Waals surface area contributed by atoms with Gasteiger partial charge in [-0.3, -0.25) is 9.36 Å². The Morgan fingerprint density at radius 3 is 2.41 bits per heavy atom. The van der Waals surface area contributed by atoms with Crippen LogP contribution >= 0.6 is 11.3 Å². The van der Waals surface area contributed by atoms with Gasteiger partial charge in [0.1, 0.15) is 22.2 Å². The monoisotopic (exact) mass is 488 g/mol. The Morgan fingerprint density at radius 1 is 1.21 bits per heavy atom. The fraction of sp³-hybridized carbons (Fsp3) is 0.480. The maximum absolute atomic E-state index is 13.8. The standard InChI is InChI=1S/C25H32N2O6S/c1-8-19-15(4)20-21(28)27(25(5,6)23(29)30)24(31)26(22(20)34-19)13-18(33-14(2)3)16-11-9-10-12-17(16)32-7/h9-12,14,18H,8,13H2,1-7H3,(H,29,30)/t18-/m0/s1. The van der Waals surface area contributed by atoms with Crippen molar-refractivity contribution in [3.63, 3.8) is 0 Å². The molecule has 8 nitrogen and oxygen atoms in total. The molecule has 0 fully saturated rings. The molecule has 1 atom stereocenters. The number of aromatic nitrogens is 2. The molecular formula is C25H32N2O6S. The van der Waals surface area contributed by atoms with Crippen LogP contribution in [0.3, 0.4) is 0 Å². The lowest BCUT2D eigenvalue weighted by Crippen LogP contribution is -2.52. The summed E-state index contributed by atoms with van der Waals surface area (Å²) < 4.78 is 14.1. The summed E-state index contributed by atoms with van der Waals surface area (Å²) in [5, 5.41) is 10.2. The highest BCUT2D eigenvalue weighted by Crippen LogP contribution is 2.33. The number of methoxy groups -OCH3 is 1. The quantitative estimate of drug-likeness (QED) is 0.487. The van der Waals surface area contributed by atoms with E-state index in [2.05, 4.69) is 0 Å². The van der Waals surface area contributed by atoms with Crippen molar-refractivity contribution in [1.82, 2.24) is 9.13 Å². The maximum Gasteiger partial charge on any atom is 0.333 e. The van der Waals surface area contributed by atoms with Crippen LogP contribution in [0, 0.1) is 6.92 Å². The molecule has 1 N–H and O–H groups in total. The third-order valence-electron chi connectivity index (χ3n) is 5.99. The van der Waals surface area contributed by atoms with Crippen molar-refractivity contribution in [3.8, 4) is 5.75 Å². The van der Waals surface area contributed by atoms with Gasteiger partial charge in [0.15, 0.2) is 0 Å². The lowest BCUT2D eigenvalue weighted by molar-refractivity contribution is -0.146. The summed E-state index contributed by atoms with van der Waals surface area (Å²) in [6, 6.07) is 7.42. The van der Waals surface area contributed by atoms with E-state index in [4.69, 9.17) is 9.47 Å². The van der Waals surface area contributed by atoms with Crippen LogP contribution in [-0.2, 0) is 28.0 Å². The first kappa shape index (κ1) is 25.7. The van der Waals surface area contributed by atoms with Crippen molar-refractivity contribution in [2.75, 3.05) is 7.11 Å². The van der Waals surface area contributed by atoms with Crippen LogP contribution in [0.5, 0.6) is 5.75 Å². The second-order valence-electron chi connectivity index (χ2n) is 9.00. The van der Waals surface area contributed by atoms with Crippen molar-refractivity contribution in [1.29, 1.82) is 0 Å². The second-order valence-corrected chi connectivity index (χ2v) is 10.1. The van der Waals surface area contributed by atoms with E-state index in [-0.39, 0.29) is 12.6 Å². The Labute approximate surface area is 202 Å². The average Bonchev–Trinajstić information content (AvgIpc) is 3.11. The SMILES string of the molecule is CCc1sc2c(c1C)c(=O)n(C(C)(C)C(=O)O)c(=O)n2C[C@H](OC(C)C)c1ccccc1OC. The van der Waals surface area contributed by atoms with Gasteiger partial charge < -0.3 is 14.6 Å². The lowest BCUT2D eigenvalue weighted by Gasteiger charge is -2.26. The molecule has 0 radical (unpaired) electrons. The van der Waals surface area contributed by atoms with Crippen LogP contribution < -0.4 is 16.0 Å². The Kier molecular flexibility index (Phi) is 7.38. The maximum atomic E-state index is 13.8. The van der Waals surface area contributed by atoms with Gasteiger partial charge >= 0.3 is 11.7 Å². The van der Waals surface area contributed by atoms with Gasteiger partial charge in [-0.05, 0) is 52.7 Å². The minimum absolute atomic E-state index is 0.0903. The summed E-state index contributed by atoms with van der Waals surface area (Å²) in [5.41, 5.74) is -1.46. The third kappa shape index (κ3) is 4.42. The van der Waals surface area contributed by atoms with E-state index in [9.17, 15) is 19.5 Å². The number of para-hydroxylation sites is 1. The van der Waals surface area contributed by atoms with Crippen LogP contribution in [-0.4, -0.2) is 33.4 Å². The van der Waals surface area contributed by atoms with Gasteiger partial charge in [-0.1, -0.05) is 25.1 Å². The minimum Gasteiger partial charge on any atom is -0.496 e. The molecule has 184 valence electrons. The van der Waals surface area contributed by atoms with Crippen molar-refractivity contribution in [2.24, 2.45) is 0 Å². The van der Waals surface area contributed by atoms with Crippen molar-refractivity contribution >= 4 is 27.5 Å². The first-order valence-electron chi connectivity index (χ1n) is 11.3. The number of rotatable bonds is 9. The number of ether oxygens (including phenoxy) is 2. The number of hydrogen-bond donors (Lipinski definition) is 1. The highest BCUT2D eigenvalue weighted by Gasteiger charge is 2.35. The number of nitrogens with zero attached hydrogens (tertiary/aromatic N) is 2. The van der Waals surface area contributed by atoms with E-state index >= 15 is 0 Å². The number of carboxylic acids is 1. The Morgan fingerprint density at radius 2 is 1.85 bits per heavy atom. The molecule has 0 bridgehead atoms. The number of aliphatic carboxylic acids is 1. The molecule has 2 aromatic heterocycles. The summed E-state index contributed by atoms with van der Waals surface area (Å²) in [6.07, 6.45) is -0.0262. The normalized spacial score (nSPS) is 12.9. The Bertz CT molecular complexity index is 1330. The molecule has 9 heteroatoms. The smallest absolute Gasteiger partial charge is 0.333 e. The zero-order valence-corrected chi connectivity index (χ0v) is 21.5. The molecule has 0 aliphatic rings. The molecule has 3 rings (SSSR count). The van der Waals surface area contributed by atoms with Crippen LogP contribution in [0.2, 0.25) is 0 Å². The molecule has 0 aliphatic heterocycles. The number of aryl methyl sites for hydroxylation is 2. The van der Waals surface area contributed by atoms with Gasteiger partial charge in [0.05, 0.1) is 25.1 Å². The van der Waals surface area contributed by atoms with Gasteiger partial charge in [-0.15, -0.1) is 11.3 Å². The van der Waals surface area contributed by atoms with Crippen LogP contribution in [0.4, 0.5) is 0 Å².